The second kappa shape index (κ2) is 12.6. The summed E-state index contributed by atoms with van der Waals surface area (Å²) in [5.74, 6) is 0. The van der Waals surface area contributed by atoms with Crippen molar-refractivity contribution in [1.29, 1.82) is 0 Å². The Hall–Kier alpha value is -3.13. The average molecular weight is 590 g/mol. The lowest BCUT2D eigenvalue weighted by molar-refractivity contribution is -0.540. The number of benzene rings is 2. The fraction of sp³-hybridized carbons (Fsp3) is 0.429. The van der Waals surface area contributed by atoms with Gasteiger partial charge in [0.2, 0.25) is 0 Å². The topological polar surface area (TPSA) is 69.3 Å². The number of anilines is 1. The monoisotopic (exact) mass is 589 g/mol. The molecule has 2 aromatic carbocycles. The Bertz CT molecular complexity index is 1530. The molecule has 0 saturated heterocycles. The molecule has 0 atom stereocenters. The molecule has 1 heterocycles. The SMILES string of the molecule is CCN(CC)S(=O)(=O)NC1=C(/C=C/CC(C)(C)c2ccccc2[NH2+]C)CC/C1=C\C=C1\N(C)c2ccccc2C1(C)C. The van der Waals surface area contributed by atoms with Crippen LogP contribution in [0.3, 0.4) is 0 Å². The van der Waals surface area contributed by atoms with Gasteiger partial charge in [-0.25, -0.2) is 0 Å². The zero-order valence-electron chi connectivity index (χ0n) is 26.7. The summed E-state index contributed by atoms with van der Waals surface area (Å²) in [6, 6.07) is 17.1. The minimum Gasteiger partial charge on any atom is -0.347 e. The van der Waals surface area contributed by atoms with Gasteiger partial charge in [-0.15, -0.1) is 0 Å². The van der Waals surface area contributed by atoms with Crippen molar-refractivity contribution in [2.75, 3.05) is 32.1 Å². The van der Waals surface area contributed by atoms with Gasteiger partial charge in [0.05, 0.1) is 12.7 Å². The van der Waals surface area contributed by atoms with Crippen LogP contribution in [-0.4, -0.2) is 39.9 Å². The Balaban J connectivity index is 1.70. The Kier molecular flexibility index (Phi) is 9.55. The Morgan fingerprint density at radius 1 is 1.02 bits per heavy atom. The summed E-state index contributed by atoms with van der Waals surface area (Å²) in [7, 11) is 0.510. The number of allylic oxidation sites excluding steroid dienone is 7. The predicted molar refractivity (Wildman–Crippen MR) is 176 cm³/mol. The maximum atomic E-state index is 13.4. The van der Waals surface area contributed by atoms with E-state index < -0.39 is 10.2 Å². The zero-order valence-corrected chi connectivity index (χ0v) is 27.5. The van der Waals surface area contributed by atoms with Crippen molar-refractivity contribution >= 4 is 21.6 Å². The number of rotatable bonds is 11. The first kappa shape index (κ1) is 31.8. The van der Waals surface area contributed by atoms with Gasteiger partial charge in [0.1, 0.15) is 5.69 Å². The third kappa shape index (κ3) is 6.29. The minimum atomic E-state index is -3.68. The van der Waals surface area contributed by atoms with Crippen molar-refractivity contribution < 1.29 is 13.7 Å². The molecular weight excluding hydrogens is 540 g/mol. The van der Waals surface area contributed by atoms with E-state index in [1.54, 1.807) is 0 Å². The molecule has 1 aliphatic carbocycles. The molecule has 0 spiro atoms. The van der Waals surface area contributed by atoms with Gasteiger partial charge in [0, 0.05) is 42.5 Å². The summed E-state index contributed by atoms with van der Waals surface area (Å²) in [5, 5.41) is 2.16. The molecule has 0 aromatic heterocycles. The number of nitrogens with two attached hydrogens (primary N) is 1. The van der Waals surface area contributed by atoms with Crippen LogP contribution in [0.1, 0.15) is 71.9 Å². The first-order chi connectivity index (χ1) is 19.9. The van der Waals surface area contributed by atoms with Crippen molar-refractivity contribution in [3.05, 3.63) is 107 Å². The molecule has 1 aliphatic heterocycles. The fourth-order valence-corrected chi connectivity index (χ4v) is 7.73. The number of para-hydroxylation sites is 2. The third-order valence-corrected chi connectivity index (χ3v) is 10.6. The molecule has 2 aromatic rings. The maximum Gasteiger partial charge on any atom is 0.301 e. The third-order valence-electron chi connectivity index (χ3n) is 8.91. The van der Waals surface area contributed by atoms with E-state index >= 15 is 0 Å². The van der Waals surface area contributed by atoms with E-state index in [1.165, 1.54) is 32.5 Å². The number of nitrogens with zero attached hydrogens (tertiary/aromatic N) is 2. The molecule has 2 aliphatic rings. The number of hydrogen-bond acceptors (Lipinski definition) is 3. The lowest BCUT2D eigenvalue weighted by Gasteiger charge is -2.24. The molecule has 0 saturated carbocycles. The summed E-state index contributed by atoms with van der Waals surface area (Å²) in [5.41, 5.74) is 8.83. The van der Waals surface area contributed by atoms with Crippen molar-refractivity contribution in [3.8, 4) is 0 Å². The lowest BCUT2D eigenvalue weighted by atomic mass is 9.80. The van der Waals surface area contributed by atoms with Crippen molar-refractivity contribution in [1.82, 2.24) is 9.03 Å². The Labute approximate surface area is 254 Å². The molecule has 0 fully saturated rings. The van der Waals surface area contributed by atoms with E-state index in [0.717, 1.165) is 30.4 Å². The van der Waals surface area contributed by atoms with E-state index in [1.807, 2.05) is 13.8 Å². The molecule has 42 heavy (non-hydrogen) atoms. The molecule has 226 valence electrons. The van der Waals surface area contributed by atoms with E-state index in [2.05, 4.69) is 130 Å². The number of quaternary nitrogens is 1. The lowest BCUT2D eigenvalue weighted by Crippen LogP contribution is -2.73. The highest BCUT2D eigenvalue weighted by Gasteiger charge is 2.38. The van der Waals surface area contributed by atoms with Gasteiger partial charge in [-0.05, 0) is 59.6 Å². The highest BCUT2D eigenvalue weighted by molar-refractivity contribution is 7.87. The predicted octanol–water partition coefficient (Wildman–Crippen LogP) is 6.20. The normalized spacial score (nSPS) is 19.1. The van der Waals surface area contributed by atoms with Gasteiger partial charge >= 0.3 is 10.2 Å². The molecule has 0 radical (unpaired) electrons. The minimum absolute atomic E-state index is 0.0591. The van der Waals surface area contributed by atoms with Gasteiger partial charge in [-0.2, -0.15) is 12.7 Å². The van der Waals surface area contributed by atoms with Gasteiger partial charge in [0.25, 0.3) is 0 Å². The molecule has 0 bridgehead atoms. The summed E-state index contributed by atoms with van der Waals surface area (Å²) < 4.78 is 31.3. The van der Waals surface area contributed by atoms with Gasteiger partial charge in [0.15, 0.2) is 0 Å². The van der Waals surface area contributed by atoms with Crippen LogP contribution >= 0.6 is 0 Å². The molecule has 0 unspecified atom stereocenters. The summed E-state index contributed by atoms with van der Waals surface area (Å²) in [4.78, 5) is 2.25. The molecule has 0 amide bonds. The zero-order chi connectivity index (χ0) is 30.7. The molecule has 3 N–H and O–H groups in total. The first-order valence-electron chi connectivity index (χ1n) is 15.2. The van der Waals surface area contributed by atoms with Crippen molar-refractivity contribution in [2.45, 2.75) is 71.6 Å². The van der Waals surface area contributed by atoms with Crippen LogP contribution < -0.4 is 14.9 Å². The van der Waals surface area contributed by atoms with Crippen LogP contribution in [0.15, 0.2) is 95.4 Å². The smallest absolute Gasteiger partial charge is 0.301 e. The second-order valence-corrected chi connectivity index (χ2v) is 14.1. The van der Waals surface area contributed by atoms with Crippen LogP contribution in [0.2, 0.25) is 0 Å². The first-order valence-corrected chi connectivity index (χ1v) is 16.6. The molecular formula is C35H49N4O2S+. The Morgan fingerprint density at radius 3 is 2.36 bits per heavy atom. The van der Waals surface area contributed by atoms with Gasteiger partial charge in [-0.3, -0.25) is 4.72 Å². The highest BCUT2D eigenvalue weighted by atomic mass is 32.2. The second-order valence-electron chi connectivity index (χ2n) is 12.4. The van der Waals surface area contributed by atoms with Crippen LogP contribution in [-0.2, 0) is 21.0 Å². The Morgan fingerprint density at radius 2 is 1.69 bits per heavy atom. The van der Waals surface area contributed by atoms with Crippen LogP contribution in [0.4, 0.5) is 11.4 Å². The van der Waals surface area contributed by atoms with Crippen LogP contribution in [0.25, 0.3) is 0 Å². The van der Waals surface area contributed by atoms with Gasteiger partial charge in [-0.1, -0.05) is 96.2 Å². The van der Waals surface area contributed by atoms with E-state index in [9.17, 15) is 8.42 Å². The van der Waals surface area contributed by atoms with Crippen molar-refractivity contribution in [2.24, 2.45) is 0 Å². The van der Waals surface area contributed by atoms with Gasteiger partial charge < -0.3 is 10.2 Å². The highest BCUT2D eigenvalue weighted by Crippen LogP contribution is 2.47. The largest absolute Gasteiger partial charge is 0.347 e. The maximum absolute atomic E-state index is 13.4. The number of fused-ring (bicyclic) bond motifs is 1. The van der Waals surface area contributed by atoms with E-state index in [0.29, 0.717) is 18.8 Å². The quantitative estimate of drug-likeness (QED) is 0.307. The van der Waals surface area contributed by atoms with Crippen molar-refractivity contribution in [3.63, 3.8) is 0 Å². The van der Waals surface area contributed by atoms with Crippen LogP contribution in [0, 0.1) is 0 Å². The molecule has 7 heteroatoms. The summed E-state index contributed by atoms with van der Waals surface area (Å²) in [6.07, 6.45) is 11.1. The summed E-state index contributed by atoms with van der Waals surface area (Å²) >= 11 is 0. The molecule has 6 nitrogen and oxygen atoms in total. The number of likely N-dealkylation sites (N-methyl/N-ethyl adjacent to an activating group) is 1. The van der Waals surface area contributed by atoms with E-state index in [4.69, 9.17) is 0 Å². The summed E-state index contributed by atoms with van der Waals surface area (Å²) in [6.45, 7) is 13.6. The average Bonchev–Trinajstić information content (AvgIpc) is 3.41. The fourth-order valence-electron chi connectivity index (χ4n) is 6.40. The van der Waals surface area contributed by atoms with Crippen LogP contribution in [0.5, 0.6) is 0 Å². The number of nitrogens with one attached hydrogen (secondary N) is 1. The van der Waals surface area contributed by atoms with E-state index in [-0.39, 0.29) is 10.8 Å². The molecule has 4 rings (SSSR count). The standard InChI is InChI=1S/C35H48N4O2S/c1-9-39(10-2)42(40,41)37-33-26(16-15-25-34(3,4)28-17-11-13-19-30(28)36-7)21-22-27(33)23-24-32-35(5,6)29-18-12-14-20-31(29)38(32)8/h11-20,23-24,36-37H,9-10,21-22,25H2,1-8H3/p+1/b16-15+,27-23+,32-24+. The number of hydrogen-bond donors (Lipinski definition) is 2.